The molecule has 9 aromatic rings. The molecular formula is C84H90N4O14. The van der Waals surface area contributed by atoms with Crippen molar-refractivity contribution < 1.29 is 70.0 Å². The van der Waals surface area contributed by atoms with Crippen LogP contribution in [-0.4, -0.2) is 145 Å². The third-order valence-corrected chi connectivity index (χ3v) is 19.7. The third kappa shape index (κ3) is 15.1. The number of aromatic nitrogens is 4. The lowest BCUT2D eigenvalue weighted by molar-refractivity contribution is -0.375. The molecule has 8 bridgehead atoms. The van der Waals surface area contributed by atoms with Crippen LogP contribution < -0.4 is 9.47 Å². The fraction of sp³-hybridized carbons (Fsp3) is 0.333. The number of aliphatic hydroxyl groups excluding tert-OH is 6. The van der Waals surface area contributed by atoms with Gasteiger partial charge in [-0.15, -0.1) is 0 Å². The van der Waals surface area contributed by atoms with E-state index in [0.29, 0.717) is 56.1 Å². The number of hydrogen-bond donors (Lipinski definition) is 12. The Balaban J connectivity index is 1.02. The van der Waals surface area contributed by atoms with Crippen molar-refractivity contribution in [2.24, 2.45) is 0 Å². The molecule has 102 heavy (non-hydrogen) atoms. The summed E-state index contributed by atoms with van der Waals surface area (Å²) >= 11 is 0. The number of nitrogens with zero attached hydrogens (tertiary/aromatic N) is 2. The number of nitrogens with one attached hydrogen (secondary N) is 2. The van der Waals surface area contributed by atoms with E-state index in [4.69, 9.17) is 28.9 Å². The molecule has 0 saturated carbocycles. The molecule has 0 radical (unpaired) electrons. The Hall–Kier alpha value is -8.96. The maximum absolute atomic E-state index is 11.2. The summed E-state index contributed by atoms with van der Waals surface area (Å²) in [5.74, 6) is -5.55. The fourth-order valence-electron chi connectivity index (χ4n) is 14.6. The highest BCUT2D eigenvalue weighted by Crippen LogP contribution is 2.42. The van der Waals surface area contributed by atoms with Gasteiger partial charge in [0, 0.05) is 44.3 Å². The molecule has 8 unspecified atom stereocenters. The monoisotopic (exact) mass is 1380 g/mol. The van der Waals surface area contributed by atoms with Crippen LogP contribution in [0, 0.1) is 0 Å². The summed E-state index contributed by atoms with van der Waals surface area (Å²) in [6.07, 6.45) is 4.66. The summed E-state index contributed by atoms with van der Waals surface area (Å²) in [6.45, 7) is 7.07. The number of rotatable bonds is 24. The van der Waals surface area contributed by atoms with Crippen molar-refractivity contribution in [3.05, 3.63) is 225 Å². The van der Waals surface area contributed by atoms with Gasteiger partial charge in [-0.1, -0.05) is 163 Å². The number of hydrogen-bond acceptors (Lipinski definition) is 16. The summed E-state index contributed by atoms with van der Waals surface area (Å²) in [5.41, 5.74) is 21.4. The van der Waals surface area contributed by atoms with Crippen molar-refractivity contribution in [2.75, 3.05) is 13.2 Å². The molecular weight excluding hydrogens is 1290 g/mol. The van der Waals surface area contributed by atoms with Gasteiger partial charge in [-0.3, -0.25) is 0 Å². The molecule has 0 spiro atoms. The van der Waals surface area contributed by atoms with Crippen LogP contribution in [0.15, 0.2) is 158 Å². The van der Waals surface area contributed by atoms with Gasteiger partial charge in [0.25, 0.3) is 0 Å². The molecule has 4 aliphatic heterocycles. The third-order valence-electron chi connectivity index (χ3n) is 19.7. The second-order valence-corrected chi connectivity index (χ2v) is 27.3. The summed E-state index contributed by atoms with van der Waals surface area (Å²) in [6, 6.07) is 53.4. The Bertz CT molecular complexity index is 4390. The lowest BCUT2D eigenvalue weighted by Crippen LogP contribution is -2.67. The molecule has 4 aliphatic rings. The number of H-pyrrole nitrogens is 2. The van der Waals surface area contributed by atoms with Crippen LogP contribution in [0.3, 0.4) is 0 Å². The Morgan fingerprint density at radius 1 is 0.363 bits per heavy atom. The molecule has 0 amide bonds. The molecule has 3 aromatic heterocycles. The summed E-state index contributed by atoms with van der Waals surface area (Å²) < 4.78 is 23.9. The number of benzene rings is 6. The zero-order valence-corrected chi connectivity index (χ0v) is 57.8. The Kier molecular flexibility index (Phi) is 21.7. The first-order chi connectivity index (χ1) is 49.4. The molecule has 2 saturated heterocycles. The van der Waals surface area contributed by atoms with Crippen LogP contribution in [0.1, 0.15) is 121 Å². The zero-order chi connectivity index (χ0) is 71.4. The highest BCUT2D eigenvalue weighted by Gasteiger charge is 2.56. The maximum Gasteiger partial charge on any atom is 0.229 e. The number of aryl methyl sites for hydroxylation is 8. The second kappa shape index (κ2) is 30.9. The van der Waals surface area contributed by atoms with E-state index in [1.165, 1.54) is 33.4 Å². The smallest absolute Gasteiger partial charge is 0.229 e. The first-order valence-corrected chi connectivity index (χ1v) is 35.6. The molecule has 6 aromatic carbocycles. The predicted octanol–water partition coefficient (Wildman–Crippen LogP) is 11.7. The average molecular weight is 1380 g/mol. The van der Waals surface area contributed by atoms with Crippen LogP contribution >= 0.6 is 0 Å². The first-order valence-electron chi connectivity index (χ1n) is 35.6. The number of aromatic amines is 2. The van der Waals surface area contributed by atoms with Crippen LogP contribution in [0.5, 0.6) is 11.5 Å². The molecule has 18 nitrogen and oxygen atoms in total. The van der Waals surface area contributed by atoms with E-state index in [1.54, 1.807) is 36.4 Å². The van der Waals surface area contributed by atoms with Crippen molar-refractivity contribution in [1.29, 1.82) is 0 Å². The van der Waals surface area contributed by atoms with Crippen LogP contribution in [0.2, 0.25) is 0 Å². The number of fused-ring (bicyclic) bond motifs is 8. The van der Waals surface area contributed by atoms with Crippen molar-refractivity contribution in [1.82, 2.24) is 19.9 Å². The van der Waals surface area contributed by atoms with Gasteiger partial charge in [0.15, 0.2) is 0 Å². The van der Waals surface area contributed by atoms with E-state index in [2.05, 4.69) is 123 Å². The summed E-state index contributed by atoms with van der Waals surface area (Å²) in [7, 11) is 0. The second-order valence-electron chi connectivity index (χ2n) is 27.3. The average Bonchev–Trinajstić information content (AvgIpc) is 1.43. The highest BCUT2D eigenvalue weighted by molar-refractivity contribution is 6.00. The van der Waals surface area contributed by atoms with Gasteiger partial charge in [-0.2, -0.15) is 0 Å². The first kappa shape index (κ1) is 71.4. The van der Waals surface area contributed by atoms with Gasteiger partial charge in [-0.25, -0.2) is 9.97 Å². The standard InChI is InChI=1S/C84H90N4O14/c1-5-13-51-37-52(14-6-2)40-55(39-51)27-25-49-17-9-19-57(43-49)73-63-29-33-67(85-63)75(59-21-11-23-61(45-59)99-81-77(91)79(93)83(95,96)71(47-89)101-81)69-35-31-65(87-69)74(58-20-10-18-50(44-58)26-28-56-41-53(15-7-3)38-54(42-56)16-8-4)66-32-36-70(88-66)76(68-34-30-64(73)86-68)60-22-12-24-62(46-60)100-82-78(92)80(94)84(97,98)72(48-90)102-82/h9-12,17-24,29-46,71-72,77-82,85,88-98H,5-8,13-16,25-28,47-48H2,1-4H3. The van der Waals surface area contributed by atoms with Crippen molar-refractivity contribution in [2.45, 2.75) is 166 Å². The van der Waals surface area contributed by atoms with Crippen LogP contribution in [-0.2, 0) is 60.8 Å². The van der Waals surface area contributed by atoms with Gasteiger partial charge in [0.05, 0.1) is 36.0 Å². The zero-order valence-electron chi connectivity index (χ0n) is 57.8. The van der Waals surface area contributed by atoms with Gasteiger partial charge in [0.2, 0.25) is 24.2 Å². The number of aliphatic hydroxyl groups is 10. The van der Waals surface area contributed by atoms with Crippen molar-refractivity contribution in [3.63, 3.8) is 0 Å². The Morgan fingerprint density at radius 3 is 0.951 bits per heavy atom. The minimum atomic E-state index is -2.97. The lowest BCUT2D eigenvalue weighted by Gasteiger charge is -2.44. The minimum absolute atomic E-state index is 0.192. The Morgan fingerprint density at radius 2 is 0.647 bits per heavy atom. The molecule has 0 aliphatic carbocycles. The maximum atomic E-state index is 11.2. The predicted molar refractivity (Wildman–Crippen MR) is 395 cm³/mol. The molecule has 18 heteroatoms. The normalized spacial score (nSPS) is 20.6. The molecule has 2 fully saturated rings. The lowest BCUT2D eigenvalue weighted by atomic mass is 9.95. The summed E-state index contributed by atoms with van der Waals surface area (Å²) in [4.78, 5) is 18.8. The van der Waals surface area contributed by atoms with E-state index in [-0.39, 0.29) is 11.5 Å². The molecule has 12 N–H and O–H groups in total. The Labute approximate surface area is 593 Å². The molecule has 13 rings (SSSR count). The molecule has 7 heterocycles. The molecule has 530 valence electrons. The van der Waals surface area contributed by atoms with Gasteiger partial charge in [-0.05, 0) is 191 Å². The number of ether oxygens (including phenoxy) is 4. The minimum Gasteiger partial charge on any atom is -0.462 e. The van der Waals surface area contributed by atoms with Gasteiger partial charge < -0.3 is 80.0 Å². The highest BCUT2D eigenvalue weighted by atomic mass is 16.7. The van der Waals surface area contributed by atoms with Gasteiger partial charge in [0.1, 0.15) is 48.1 Å². The van der Waals surface area contributed by atoms with Crippen LogP contribution in [0.4, 0.5) is 0 Å². The van der Waals surface area contributed by atoms with Crippen molar-refractivity contribution >= 4 is 46.4 Å². The van der Waals surface area contributed by atoms with E-state index < -0.39 is 74.0 Å². The van der Waals surface area contributed by atoms with Crippen molar-refractivity contribution in [3.8, 4) is 56.0 Å². The topological polar surface area (TPSA) is 297 Å². The fourth-order valence-corrected chi connectivity index (χ4v) is 14.6. The van der Waals surface area contributed by atoms with Gasteiger partial charge >= 0.3 is 0 Å². The molecule has 8 atom stereocenters. The van der Waals surface area contributed by atoms with E-state index in [1.807, 2.05) is 60.7 Å². The summed E-state index contributed by atoms with van der Waals surface area (Å²) in [5, 5.41) is 107. The quantitative estimate of drug-likeness (QED) is 0.0250. The SMILES string of the molecule is CCCc1cc(CCC)cc(CCc2cccc(-c3c4nc(c(-c5cccc(OC6OC(CO)C(O)(O)C(O)C6O)c5)c5ccc([nH]5)c(-c5cccc(CCc6cc(CCC)cc(CCC)c6)c5)c5nc(c(-c6cccc(OC7OC(CO)C(O)(O)C(O)C7O)c6)c6ccc3[nH]6)C=C5)C=C4)c2)c1. The van der Waals surface area contributed by atoms with E-state index in [9.17, 15) is 51.1 Å². The largest absolute Gasteiger partial charge is 0.462 e. The van der Waals surface area contributed by atoms with Crippen LogP contribution in [0.25, 0.3) is 90.9 Å². The van der Waals surface area contributed by atoms with E-state index >= 15 is 0 Å². The van der Waals surface area contributed by atoms with E-state index in [0.717, 1.165) is 121 Å².